The first-order valence-electron chi connectivity index (χ1n) is 2.66. The molecule has 0 saturated heterocycles. The normalized spacial score (nSPS) is 10.4. The highest BCUT2D eigenvalue weighted by Gasteiger charge is 1.93. The number of hydrogen-bond acceptors (Lipinski definition) is 2. The van der Waals surface area contributed by atoms with E-state index in [1.54, 1.807) is 17.2 Å². The van der Waals surface area contributed by atoms with Gasteiger partial charge < -0.3 is 0 Å². The van der Waals surface area contributed by atoms with Crippen molar-refractivity contribution in [1.29, 1.82) is 0 Å². The molecule has 0 bridgehead atoms. The molecule has 0 aromatic carbocycles. The minimum Gasteiger partial charge on any atom is -0.182 e. The Bertz CT molecular complexity index is 143. The molecule has 0 N–H and O–H groups in total. The molecule has 0 amide bonds. The molecule has 0 spiro atoms. The highest BCUT2D eigenvalue weighted by molar-refractivity contribution is 4.61. The molecule has 1 aromatic heterocycles. The van der Waals surface area contributed by atoms with Gasteiger partial charge in [0.1, 0.15) is 0 Å². The van der Waals surface area contributed by atoms with Gasteiger partial charge in [-0.3, -0.25) is 0 Å². The highest BCUT2D eigenvalue weighted by atomic mass is 15.5. The van der Waals surface area contributed by atoms with Crippen molar-refractivity contribution < 1.29 is 0 Å². The van der Waals surface area contributed by atoms with Crippen LogP contribution >= 0.6 is 0 Å². The van der Waals surface area contributed by atoms with Gasteiger partial charge in [0.2, 0.25) is 0 Å². The van der Waals surface area contributed by atoms with Gasteiger partial charge in [0.15, 0.2) is 0 Å². The van der Waals surface area contributed by atoms with Crippen LogP contribution in [0.2, 0.25) is 0 Å². The predicted octanol–water partition coefficient (Wildman–Crippen LogP) is 0.859. The Hall–Kier alpha value is -0.860. The first kappa shape index (κ1) is 5.28. The lowest BCUT2D eigenvalue weighted by Gasteiger charge is -1.99. The van der Waals surface area contributed by atoms with E-state index in [2.05, 4.69) is 10.2 Å². The van der Waals surface area contributed by atoms with Crippen LogP contribution < -0.4 is 0 Å². The molecule has 3 heteroatoms. The third kappa shape index (κ3) is 0.857. The Labute approximate surface area is 48.3 Å². The average Bonchev–Trinajstić information content (AvgIpc) is 2.12. The maximum Gasteiger partial charge on any atom is 0.0693 e. The lowest BCUT2D eigenvalue weighted by molar-refractivity contribution is 0.466. The van der Waals surface area contributed by atoms with E-state index in [-0.39, 0.29) is 0 Å². The minimum atomic E-state index is 0.380. The molecule has 1 rings (SSSR count). The van der Waals surface area contributed by atoms with E-state index in [1.807, 2.05) is 13.8 Å². The molecule has 1 aromatic rings. The molecule has 8 heavy (non-hydrogen) atoms. The van der Waals surface area contributed by atoms with Crippen molar-refractivity contribution in [3.8, 4) is 0 Å². The van der Waals surface area contributed by atoms with Crippen LogP contribution in [0.1, 0.15) is 19.9 Å². The van der Waals surface area contributed by atoms with Crippen LogP contribution in [0.4, 0.5) is 0 Å². The molecule has 0 saturated carbocycles. The molecule has 3 nitrogen and oxygen atoms in total. The smallest absolute Gasteiger partial charge is 0.0693 e. The van der Waals surface area contributed by atoms with Gasteiger partial charge >= 0.3 is 0 Å². The summed E-state index contributed by atoms with van der Waals surface area (Å²) in [6.07, 6.45) is 3.36. The predicted molar refractivity (Wildman–Crippen MR) is 30.4 cm³/mol. The molecule has 44 valence electrons. The zero-order valence-electron chi connectivity index (χ0n) is 5.07. The van der Waals surface area contributed by atoms with E-state index in [0.29, 0.717) is 6.04 Å². The van der Waals surface area contributed by atoms with Crippen LogP contribution in [-0.4, -0.2) is 15.0 Å². The molecular weight excluding hydrogens is 102 g/mol. The van der Waals surface area contributed by atoms with Crippen molar-refractivity contribution in [2.24, 2.45) is 0 Å². The van der Waals surface area contributed by atoms with Gasteiger partial charge in [0.05, 0.1) is 18.4 Å². The van der Waals surface area contributed by atoms with Crippen LogP contribution in [0.3, 0.4) is 0 Å². The quantitative estimate of drug-likeness (QED) is 0.538. The number of aromatic nitrogens is 3. The zero-order valence-corrected chi connectivity index (χ0v) is 5.07. The summed E-state index contributed by atoms with van der Waals surface area (Å²) in [4.78, 5) is 1.67. The summed E-state index contributed by atoms with van der Waals surface area (Å²) in [6, 6.07) is 0.380. The fourth-order valence-electron chi connectivity index (χ4n) is 0.493. The van der Waals surface area contributed by atoms with E-state index in [4.69, 9.17) is 0 Å². The lowest BCUT2D eigenvalue weighted by Crippen LogP contribution is -2.03. The third-order valence-electron chi connectivity index (χ3n) is 0.898. The van der Waals surface area contributed by atoms with Crippen molar-refractivity contribution in [3.05, 3.63) is 12.4 Å². The maximum atomic E-state index is 3.92. The summed E-state index contributed by atoms with van der Waals surface area (Å²) in [6.45, 7) is 4.08. The van der Waals surface area contributed by atoms with Crippen molar-refractivity contribution in [2.45, 2.75) is 19.9 Å². The second-order valence-electron chi connectivity index (χ2n) is 1.94. The zero-order chi connectivity index (χ0) is 5.98. The molecule has 0 aliphatic heterocycles. The Morgan fingerprint density at radius 3 is 2.00 bits per heavy atom. The topological polar surface area (TPSA) is 30.7 Å². The van der Waals surface area contributed by atoms with Gasteiger partial charge in [-0.2, -0.15) is 15.0 Å². The van der Waals surface area contributed by atoms with Crippen LogP contribution in [0.25, 0.3) is 0 Å². The summed E-state index contributed by atoms with van der Waals surface area (Å²) < 4.78 is 0. The van der Waals surface area contributed by atoms with Crippen molar-refractivity contribution in [3.63, 3.8) is 0 Å². The minimum absolute atomic E-state index is 0.380. The van der Waals surface area contributed by atoms with Gasteiger partial charge in [0.25, 0.3) is 0 Å². The fourth-order valence-corrected chi connectivity index (χ4v) is 0.493. The molecule has 0 fully saturated rings. The van der Waals surface area contributed by atoms with Crippen LogP contribution in [0.5, 0.6) is 0 Å². The summed E-state index contributed by atoms with van der Waals surface area (Å²) in [5.74, 6) is 0. The molecule has 0 aliphatic carbocycles. The molecule has 0 radical (unpaired) electrons. The Morgan fingerprint density at radius 1 is 1.25 bits per heavy atom. The van der Waals surface area contributed by atoms with Crippen LogP contribution in [0.15, 0.2) is 12.4 Å². The van der Waals surface area contributed by atoms with Gasteiger partial charge in [-0.1, -0.05) is 0 Å². The fraction of sp³-hybridized carbons (Fsp3) is 0.600. The van der Waals surface area contributed by atoms with Crippen molar-refractivity contribution in [1.82, 2.24) is 15.0 Å². The van der Waals surface area contributed by atoms with Crippen molar-refractivity contribution >= 4 is 0 Å². The average molecular weight is 111 g/mol. The van der Waals surface area contributed by atoms with Gasteiger partial charge in [-0.05, 0) is 13.8 Å². The lowest BCUT2D eigenvalue weighted by atomic mass is 10.4. The monoisotopic (exact) mass is 111 g/mol. The third-order valence-corrected chi connectivity index (χ3v) is 0.898. The first-order chi connectivity index (χ1) is 3.80. The molecule has 0 aliphatic rings. The largest absolute Gasteiger partial charge is 0.182 e. The van der Waals surface area contributed by atoms with Crippen LogP contribution in [-0.2, 0) is 0 Å². The van der Waals surface area contributed by atoms with E-state index < -0.39 is 0 Å². The highest BCUT2D eigenvalue weighted by Crippen LogP contribution is 1.94. The molecular formula is C5H9N3. The Balaban J connectivity index is 2.77. The van der Waals surface area contributed by atoms with E-state index in [0.717, 1.165) is 0 Å². The second-order valence-corrected chi connectivity index (χ2v) is 1.94. The van der Waals surface area contributed by atoms with Gasteiger partial charge in [-0.15, -0.1) is 0 Å². The number of hydrogen-bond donors (Lipinski definition) is 0. The Kier molecular flexibility index (Phi) is 1.28. The molecule has 0 atom stereocenters. The summed E-state index contributed by atoms with van der Waals surface area (Å²) in [7, 11) is 0. The standard InChI is InChI=1S/C5H9N3/c1-5(2)8-6-3-4-7-8/h3-5H,1-2H3. The Morgan fingerprint density at radius 2 is 1.75 bits per heavy atom. The van der Waals surface area contributed by atoms with E-state index in [9.17, 15) is 0 Å². The molecule has 0 unspecified atom stereocenters. The first-order valence-corrected chi connectivity index (χ1v) is 2.66. The second kappa shape index (κ2) is 1.94. The summed E-state index contributed by atoms with van der Waals surface area (Å²) in [5.41, 5.74) is 0. The summed E-state index contributed by atoms with van der Waals surface area (Å²) >= 11 is 0. The van der Waals surface area contributed by atoms with Crippen molar-refractivity contribution in [2.75, 3.05) is 0 Å². The number of nitrogens with zero attached hydrogens (tertiary/aromatic N) is 3. The molecule has 1 heterocycles. The van der Waals surface area contributed by atoms with E-state index >= 15 is 0 Å². The van der Waals surface area contributed by atoms with Gasteiger partial charge in [0, 0.05) is 0 Å². The van der Waals surface area contributed by atoms with E-state index in [1.165, 1.54) is 0 Å². The SMILES string of the molecule is CC(C)n1nccn1. The van der Waals surface area contributed by atoms with Crippen LogP contribution in [0, 0.1) is 0 Å². The maximum absolute atomic E-state index is 3.92. The van der Waals surface area contributed by atoms with Gasteiger partial charge in [-0.25, -0.2) is 0 Å². The number of rotatable bonds is 1. The summed E-state index contributed by atoms with van der Waals surface area (Å²) in [5, 5.41) is 7.84.